The summed E-state index contributed by atoms with van der Waals surface area (Å²) in [6.07, 6.45) is 1.95. The van der Waals surface area contributed by atoms with Crippen molar-refractivity contribution in [3.63, 3.8) is 0 Å². The standard InChI is InChI=1S/C24H30N6O/c1-18-6-3-9-21(16-18)27-12-14-28(15-13-27)23(31)20-8-5-11-29(17-20)24-26-25-22-10-4-7-19(2)30(22)24/h3-4,6-7,9-10,16,20H,5,8,11-15,17H2,1-2H3/t20-/m1/s1. The van der Waals surface area contributed by atoms with Crippen LogP contribution in [-0.2, 0) is 4.79 Å². The van der Waals surface area contributed by atoms with Gasteiger partial charge >= 0.3 is 0 Å². The summed E-state index contributed by atoms with van der Waals surface area (Å²) in [6, 6.07) is 14.7. The summed E-state index contributed by atoms with van der Waals surface area (Å²) < 4.78 is 2.09. The Kier molecular flexibility index (Phi) is 5.26. The molecule has 2 aliphatic heterocycles. The number of anilines is 2. The largest absolute Gasteiger partial charge is 0.368 e. The summed E-state index contributed by atoms with van der Waals surface area (Å²) in [5, 5.41) is 8.77. The molecule has 0 bridgehead atoms. The van der Waals surface area contributed by atoms with Crippen LogP contribution in [0.25, 0.3) is 5.65 Å². The molecule has 5 rings (SSSR count). The Morgan fingerprint density at radius 2 is 1.74 bits per heavy atom. The number of benzene rings is 1. The third kappa shape index (κ3) is 3.84. The number of carbonyl (C=O) groups excluding carboxylic acids is 1. The topological polar surface area (TPSA) is 57.0 Å². The normalized spacial score (nSPS) is 19.8. The maximum atomic E-state index is 13.3. The number of aryl methyl sites for hydroxylation is 2. The predicted molar refractivity (Wildman–Crippen MR) is 123 cm³/mol. The number of hydrogen-bond acceptors (Lipinski definition) is 5. The van der Waals surface area contributed by atoms with E-state index in [4.69, 9.17) is 0 Å². The third-order valence-electron chi connectivity index (χ3n) is 6.62. The second-order valence-electron chi connectivity index (χ2n) is 8.80. The molecule has 0 radical (unpaired) electrons. The molecule has 0 spiro atoms. The SMILES string of the molecule is Cc1cccc(N2CCN(C(=O)[C@@H]3CCCN(c4nnc5cccc(C)n45)C3)CC2)c1. The predicted octanol–water partition coefficient (Wildman–Crippen LogP) is 2.91. The van der Waals surface area contributed by atoms with Gasteiger partial charge in [-0.25, -0.2) is 0 Å². The Morgan fingerprint density at radius 1 is 0.935 bits per heavy atom. The van der Waals surface area contributed by atoms with Gasteiger partial charge in [-0.15, -0.1) is 10.2 Å². The molecule has 1 aromatic carbocycles. The summed E-state index contributed by atoms with van der Waals surface area (Å²) in [6.45, 7) is 9.18. The van der Waals surface area contributed by atoms with Gasteiger partial charge in [0.15, 0.2) is 5.65 Å². The van der Waals surface area contributed by atoms with Crippen molar-refractivity contribution >= 4 is 23.2 Å². The first-order valence-electron chi connectivity index (χ1n) is 11.3. The maximum absolute atomic E-state index is 13.3. The van der Waals surface area contributed by atoms with Gasteiger partial charge in [-0.1, -0.05) is 18.2 Å². The van der Waals surface area contributed by atoms with Gasteiger partial charge in [0.25, 0.3) is 0 Å². The van der Waals surface area contributed by atoms with E-state index in [1.165, 1.54) is 11.3 Å². The van der Waals surface area contributed by atoms with Crippen molar-refractivity contribution in [1.82, 2.24) is 19.5 Å². The minimum Gasteiger partial charge on any atom is -0.368 e. The average molecular weight is 419 g/mol. The van der Waals surface area contributed by atoms with Crippen LogP contribution in [0, 0.1) is 19.8 Å². The van der Waals surface area contributed by atoms with Crippen molar-refractivity contribution in [3.8, 4) is 0 Å². The molecule has 7 nitrogen and oxygen atoms in total. The highest BCUT2D eigenvalue weighted by atomic mass is 16.2. The maximum Gasteiger partial charge on any atom is 0.231 e. The summed E-state index contributed by atoms with van der Waals surface area (Å²) in [5.41, 5.74) is 4.49. The quantitative estimate of drug-likeness (QED) is 0.655. The number of fused-ring (bicyclic) bond motifs is 1. The van der Waals surface area contributed by atoms with Gasteiger partial charge in [-0.05, 0) is 56.5 Å². The molecule has 7 heteroatoms. The Balaban J connectivity index is 1.25. The minimum absolute atomic E-state index is 0.0237. The number of aromatic nitrogens is 3. The third-order valence-corrected chi connectivity index (χ3v) is 6.62. The fourth-order valence-corrected chi connectivity index (χ4v) is 4.92. The summed E-state index contributed by atoms with van der Waals surface area (Å²) >= 11 is 0. The number of piperidine rings is 1. The number of piperazine rings is 1. The molecule has 0 unspecified atom stereocenters. The number of pyridine rings is 1. The van der Waals surface area contributed by atoms with Crippen LogP contribution in [0.15, 0.2) is 42.5 Å². The van der Waals surface area contributed by atoms with Crippen molar-refractivity contribution < 1.29 is 4.79 Å². The zero-order valence-electron chi connectivity index (χ0n) is 18.4. The molecular weight excluding hydrogens is 388 g/mol. The van der Waals surface area contributed by atoms with E-state index in [0.717, 1.165) is 62.9 Å². The van der Waals surface area contributed by atoms with E-state index in [1.807, 2.05) is 12.1 Å². The highest BCUT2D eigenvalue weighted by Gasteiger charge is 2.32. The van der Waals surface area contributed by atoms with Crippen LogP contribution in [-0.4, -0.2) is 64.7 Å². The van der Waals surface area contributed by atoms with Crippen LogP contribution in [0.5, 0.6) is 0 Å². The Hall–Kier alpha value is -3.09. The van der Waals surface area contributed by atoms with Gasteiger partial charge in [0.2, 0.25) is 11.9 Å². The van der Waals surface area contributed by atoms with Gasteiger partial charge in [-0.3, -0.25) is 9.20 Å². The summed E-state index contributed by atoms with van der Waals surface area (Å²) in [5.74, 6) is 1.17. The number of rotatable bonds is 3. The lowest BCUT2D eigenvalue weighted by Gasteiger charge is -2.39. The number of carbonyl (C=O) groups is 1. The van der Waals surface area contributed by atoms with Gasteiger partial charge in [0, 0.05) is 50.6 Å². The highest BCUT2D eigenvalue weighted by Crippen LogP contribution is 2.26. The zero-order valence-corrected chi connectivity index (χ0v) is 18.4. The Bertz CT molecular complexity index is 1080. The van der Waals surface area contributed by atoms with Crippen LogP contribution in [0.3, 0.4) is 0 Å². The molecule has 3 aromatic rings. The molecule has 2 aromatic heterocycles. The van der Waals surface area contributed by atoms with E-state index in [9.17, 15) is 4.79 Å². The van der Waals surface area contributed by atoms with Crippen LogP contribution in [0.1, 0.15) is 24.1 Å². The molecule has 2 aliphatic rings. The van der Waals surface area contributed by atoms with Gasteiger partial charge in [0.05, 0.1) is 5.92 Å². The van der Waals surface area contributed by atoms with Crippen molar-refractivity contribution in [3.05, 3.63) is 53.7 Å². The first-order valence-corrected chi connectivity index (χ1v) is 11.3. The minimum atomic E-state index is 0.0237. The van der Waals surface area contributed by atoms with E-state index in [-0.39, 0.29) is 5.92 Å². The lowest BCUT2D eigenvalue weighted by atomic mass is 9.96. The van der Waals surface area contributed by atoms with Crippen molar-refractivity contribution in [2.24, 2.45) is 5.92 Å². The van der Waals surface area contributed by atoms with E-state index in [1.54, 1.807) is 0 Å². The highest BCUT2D eigenvalue weighted by molar-refractivity contribution is 5.80. The zero-order chi connectivity index (χ0) is 21.4. The molecule has 0 aliphatic carbocycles. The van der Waals surface area contributed by atoms with Crippen molar-refractivity contribution in [1.29, 1.82) is 0 Å². The number of hydrogen-bond donors (Lipinski definition) is 0. The lowest BCUT2D eigenvalue weighted by molar-refractivity contribution is -0.136. The second kappa shape index (κ2) is 8.21. The molecule has 2 saturated heterocycles. The smallest absolute Gasteiger partial charge is 0.231 e. The molecule has 0 saturated carbocycles. The fourth-order valence-electron chi connectivity index (χ4n) is 4.92. The van der Waals surface area contributed by atoms with Crippen LogP contribution in [0.2, 0.25) is 0 Å². The fraction of sp³-hybridized carbons (Fsp3) is 0.458. The van der Waals surface area contributed by atoms with E-state index >= 15 is 0 Å². The van der Waals surface area contributed by atoms with E-state index in [0.29, 0.717) is 12.5 Å². The van der Waals surface area contributed by atoms with E-state index < -0.39 is 0 Å². The van der Waals surface area contributed by atoms with Crippen molar-refractivity contribution in [2.45, 2.75) is 26.7 Å². The molecule has 31 heavy (non-hydrogen) atoms. The first-order chi connectivity index (χ1) is 15.1. The van der Waals surface area contributed by atoms with Crippen LogP contribution in [0.4, 0.5) is 11.6 Å². The summed E-state index contributed by atoms with van der Waals surface area (Å²) in [7, 11) is 0. The van der Waals surface area contributed by atoms with Crippen LogP contribution >= 0.6 is 0 Å². The summed E-state index contributed by atoms with van der Waals surface area (Å²) in [4.78, 5) is 20.0. The van der Waals surface area contributed by atoms with Crippen LogP contribution < -0.4 is 9.80 Å². The number of nitrogens with zero attached hydrogens (tertiary/aromatic N) is 6. The lowest BCUT2D eigenvalue weighted by Crippen LogP contribution is -2.52. The molecule has 0 N–H and O–H groups in total. The van der Waals surface area contributed by atoms with E-state index in [2.05, 4.69) is 73.5 Å². The van der Waals surface area contributed by atoms with Gasteiger partial charge in [-0.2, -0.15) is 0 Å². The molecular formula is C24H30N6O. The Labute approximate surface area is 183 Å². The molecule has 4 heterocycles. The van der Waals surface area contributed by atoms with Gasteiger partial charge in [0.1, 0.15) is 0 Å². The monoisotopic (exact) mass is 418 g/mol. The van der Waals surface area contributed by atoms with Crippen molar-refractivity contribution in [2.75, 3.05) is 49.1 Å². The Morgan fingerprint density at radius 3 is 2.55 bits per heavy atom. The average Bonchev–Trinajstić information content (AvgIpc) is 3.24. The molecule has 162 valence electrons. The molecule has 1 amide bonds. The number of amides is 1. The first kappa shape index (κ1) is 19.8. The second-order valence-corrected chi connectivity index (χ2v) is 8.80. The molecule has 2 fully saturated rings. The van der Waals surface area contributed by atoms with Gasteiger partial charge < -0.3 is 14.7 Å². The molecule has 1 atom stereocenters.